The van der Waals surface area contributed by atoms with Crippen molar-refractivity contribution in [3.05, 3.63) is 39.3 Å². The zero-order valence-corrected chi connectivity index (χ0v) is 15.6. The van der Waals surface area contributed by atoms with Gasteiger partial charge in [-0.05, 0) is 51.3 Å². The summed E-state index contributed by atoms with van der Waals surface area (Å²) in [6, 6.07) is 4.74. The average molecular weight is 364 g/mol. The second-order valence-corrected chi connectivity index (χ2v) is 9.39. The molecule has 0 saturated carbocycles. The van der Waals surface area contributed by atoms with E-state index < -0.39 is 9.84 Å². The molecule has 0 radical (unpaired) electrons. The van der Waals surface area contributed by atoms with Crippen molar-refractivity contribution in [2.45, 2.75) is 44.0 Å². The molecule has 1 aromatic carbocycles. The normalized spacial score (nSPS) is 17.4. The average Bonchev–Trinajstić information content (AvgIpc) is 2.87. The van der Waals surface area contributed by atoms with Crippen molar-refractivity contribution < 1.29 is 13.2 Å². The van der Waals surface area contributed by atoms with Crippen LogP contribution in [0.2, 0.25) is 0 Å². The lowest BCUT2D eigenvalue weighted by Gasteiger charge is -2.24. The van der Waals surface area contributed by atoms with E-state index in [2.05, 4.69) is 10.3 Å². The Morgan fingerprint density at radius 3 is 2.79 bits per heavy atom. The van der Waals surface area contributed by atoms with E-state index in [0.29, 0.717) is 11.3 Å². The number of sulfone groups is 1. The Kier molecular flexibility index (Phi) is 4.48. The van der Waals surface area contributed by atoms with E-state index in [-0.39, 0.29) is 16.7 Å². The van der Waals surface area contributed by atoms with E-state index in [9.17, 15) is 13.2 Å². The smallest absolute Gasteiger partial charge is 0.177 e. The van der Waals surface area contributed by atoms with Crippen LogP contribution in [0.1, 0.15) is 51.7 Å². The minimum absolute atomic E-state index is 0.0302. The molecule has 0 bridgehead atoms. The molecule has 7 heteroatoms. The predicted molar refractivity (Wildman–Crippen MR) is 95.7 cm³/mol. The molecule has 0 spiro atoms. The highest BCUT2D eigenvalue weighted by molar-refractivity contribution is 7.90. The minimum atomic E-state index is -3.38. The minimum Gasteiger partial charge on any atom is -0.376 e. The van der Waals surface area contributed by atoms with Gasteiger partial charge in [-0.3, -0.25) is 4.79 Å². The second-order valence-electron chi connectivity index (χ2n) is 6.17. The molecular weight excluding hydrogens is 344 g/mol. The number of fused-ring (bicyclic) bond motifs is 1. The molecule has 1 aliphatic rings. The van der Waals surface area contributed by atoms with Gasteiger partial charge in [0.15, 0.2) is 15.6 Å². The Morgan fingerprint density at radius 2 is 2.12 bits per heavy atom. The number of hydrogen-bond acceptors (Lipinski definition) is 6. The molecule has 3 rings (SSSR count). The van der Waals surface area contributed by atoms with Crippen LogP contribution in [0, 0.1) is 6.92 Å². The van der Waals surface area contributed by atoms with Gasteiger partial charge in [0.2, 0.25) is 0 Å². The van der Waals surface area contributed by atoms with Gasteiger partial charge in [0.1, 0.15) is 0 Å². The number of nitrogens with zero attached hydrogens (tertiary/aromatic N) is 1. The molecule has 1 aliphatic carbocycles. The van der Waals surface area contributed by atoms with Crippen LogP contribution in [-0.2, 0) is 16.3 Å². The molecule has 1 aromatic heterocycles. The van der Waals surface area contributed by atoms with Gasteiger partial charge in [-0.2, -0.15) is 0 Å². The van der Waals surface area contributed by atoms with Gasteiger partial charge in [0.05, 0.1) is 32.2 Å². The largest absolute Gasteiger partial charge is 0.376 e. The highest BCUT2D eigenvalue weighted by atomic mass is 32.2. The molecule has 0 aliphatic heterocycles. The zero-order chi connectivity index (χ0) is 17.5. The number of anilines is 1. The van der Waals surface area contributed by atoms with Crippen molar-refractivity contribution in [2.24, 2.45) is 0 Å². The molecule has 1 N–H and O–H groups in total. The first-order valence-electron chi connectivity index (χ1n) is 7.83. The lowest BCUT2D eigenvalue weighted by molar-refractivity contribution is 0.101. The van der Waals surface area contributed by atoms with Gasteiger partial charge >= 0.3 is 0 Å². The summed E-state index contributed by atoms with van der Waals surface area (Å²) < 4.78 is 24.2. The maximum absolute atomic E-state index is 12.1. The summed E-state index contributed by atoms with van der Waals surface area (Å²) in [5.41, 5.74) is 2.10. The highest BCUT2D eigenvalue weighted by Gasteiger charge is 2.26. The van der Waals surface area contributed by atoms with Crippen LogP contribution in [0.4, 0.5) is 5.69 Å². The Bertz CT molecular complexity index is 901. The van der Waals surface area contributed by atoms with Gasteiger partial charge in [-0.1, -0.05) is 0 Å². The molecule has 1 atom stereocenters. The Morgan fingerprint density at radius 1 is 1.38 bits per heavy atom. The second kappa shape index (κ2) is 6.29. The van der Waals surface area contributed by atoms with E-state index in [0.717, 1.165) is 30.0 Å². The van der Waals surface area contributed by atoms with E-state index >= 15 is 0 Å². The number of aryl methyl sites for hydroxylation is 2. The van der Waals surface area contributed by atoms with Crippen LogP contribution in [-0.4, -0.2) is 25.4 Å². The van der Waals surface area contributed by atoms with Crippen molar-refractivity contribution in [2.75, 3.05) is 11.6 Å². The van der Waals surface area contributed by atoms with Crippen LogP contribution < -0.4 is 5.32 Å². The number of nitrogens with one attached hydrogen (secondary N) is 1. The molecule has 0 fully saturated rings. The van der Waals surface area contributed by atoms with Crippen molar-refractivity contribution in [1.82, 2.24) is 4.98 Å². The van der Waals surface area contributed by atoms with Crippen molar-refractivity contribution >= 4 is 32.6 Å². The van der Waals surface area contributed by atoms with Crippen molar-refractivity contribution in [3.8, 4) is 0 Å². The number of aromatic nitrogens is 1. The standard InChI is InChI=1S/C17H20N2O3S2/c1-10(20)12-7-8-16(24(3,21)22)15(9-12)19-14-6-4-5-13-17(14)23-11(2)18-13/h7-9,14,19H,4-6H2,1-3H3. The van der Waals surface area contributed by atoms with Crippen LogP contribution in [0.5, 0.6) is 0 Å². The van der Waals surface area contributed by atoms with E-state index in [1.807, 2.05) is 6.92 Å². The lowest BCUT2D eigenvalue weighted by Crippen LogP contribution is -2.17. The Balaban J connectivity index is 2.03. The van der Waals surface area contributed by atoms with Crippen LogP contribution >= 0.6 is 11.3 Å². The quantitative estimate of drug-likeness (QED) is 0.840. The van der Waals surface area contributed by atoms with E-state index in [1.165, 1.54) is 24.1 Å². The molecule has 1 heterocycles. The number of hydrogen-bond donors (Lipinski definition) is 1. The Labute approximate surface area is 146 Å². The summed E-state index contributed by atoms with van der Waals surface area (Å²) >= 11 is 1.65. The summed E-state index contributed by atoms with van der Waals surface area (Å²) in [6.45, 7) is 3.46. The molecule has 128 valence electrons. The molecule has 2 aromatic rings. The highest BCUT2D eigenvalue weighted by Crippen LogP contribution is 2.37. The SMILES string of the molecule is CC(=O)c1ccc(S(C)(=O)=O)c(NC2CCCc3nc(C)sc32)c1. The number of carbonyl (C=O) groups excluding carboxylic acids is 1. The third-order valence-electron chi connectivity index (χ3n) is 4.17. The fourth-order valence-electron chi connectivity index (χ4n) is 3.05. The van der Waals surface area contributed by atoms with Crippen LogP contribution in [0.15, 0.2) is 23.1 Å². The summed E-state index contributed by atoms with van der Waals surface area (Å²) in [5.74, 6) is -0.0870. The monoisotopic (exact) mass is 364 g/mol. The maximum Gasteiger partial charge on any atom is 0.177 e. The number of thiazole rings is 1. The topological polar surface area (TPSA) is 76.1 Å². The van der Waals surface area contributed by atoms with Crippen LogP contribution in [0.3, 0.4) is 0 Å². The zero-order valence-electron chi connectivity index (χ0n) is 13.9. The molecule has 24 heavy (non-hydrogen) atoms. The molecule has 0 saturated heterocycles. The first-order valence-corrected chi connectivity index (χ1v) is 10.5. The van der Waals surface area contributed by atoms with E-state index in [4.69, 9.17) is 0 Å². The van der Waals surface area contributed by atoms with E-state index in [1.54, 1.807) is 23.5 Å². The third kappa shape index (κ3) is 3.37. The third-order valence-corrected chi connectivity index (χ3v) is 6.45. The number of rotatable bonds is 4. The van der Waals surface area contributed by atoms with Crippen molar-refractivity contribution in [3.63, 3.8) is 0 Å². The molecular formula is C17H20N2O3S2. The summed E-state index contributed by atoms with van der Waals surface area (Å²) in [4.78, 5) is 17.6. The first kappa shape index (κ1) is 17.1. The number of Topliss-reactive ketones (excluding diaryl/α,β-unsaturated/α-hetero) is 1. The summed E-state index contributed by atoms with van der Waals surface area (Å²) in [5, 5.41) is 4.38. The lowest BCUT2D eigenvalue weighted by atomic mass is 9.97. The molecule has 1 unspecified atom stereocenters. The fraction of sp³-hybridized carbons (Fsp3) is 0.412. The fourth-order valence-corrected chi connectivity index (χ4v) is 4.94. The summed E-state index contributed by atoms with van der Waals surface area (Å²) in [6.07, 6.45) is 4.07. The van der Waals surface area contributed by atoms with Gasteiger partial charge in [-0.15, -0.1) is 11.3 Å². The van der Waals surface area contributed by atoms with Gasteiger partial charge in [0.25, 0.3) is 0 Å². The Hall–Kier alpha value is -1.73. The first-order chi connectivity index (χ1) is 11.3. The predicted octanol–water partition coefficient (Wildman–Crippen LogP) is 3.55. The molecule has 5 nitrogen and oxygen atoms in total. The van der Waals surface area contributed by atoms with Gasteiger partial charge in [-0.25, -0.2) is 13.4 Å². The number of benzene rings is 1. The number of ketones is 1. The number of carbonyl (C=O) groups is 1. The molecule has 0 amide bonds. The van der Waals surface area contributed by atoms with Gasteiger partial charge < -0.3 is 5.32 Å². The maximum atomic E-state index is 12.1. The van der Waals surface area contributed by atoms with Gasteiger partial charge in [0, 0.05) is 11.8 Å². The summed E-state index contributed by atoms with van der Waals surface area (Å²) in [7, 11) is -3.38. The van der Waals surface area contributed by atoms with Crippen LogP contribution in [0.25, 0.3) is 0 Å². The van der Waals surface area contributed by atoms with Crippen molar-refractivity contribution in [1.29, 1.82) is 0 Å².